The zero-order valence-corrected chi connectivity index (χ0v) is 30.1. The van der Waals surface area contributed by atoms with E-state index < -0.39 is 12.1 Å². The van der Waals surface area contributed by atoms with Gasteiger partial charge in [0, 0.05) is 6.42 Å². The van der Waals surface area contributed by atoms with Crippen molar-refractivity contribution in [2.45, 2.75) is 212 Å². The van der Waals surface area contributed by atoms with Crippen LogP contribution in [0.4, 0.5) is 0 Å². The number of allylic oxidation sites excluding steroid dienone is 5. The molecule has 4 heteroatoms. The topological polar surface area (TPSA) is 69.6 Å². The van der Waals surface area contributed by atoms with Gasteiger partial charge in [-0.25, -0.2) is 0 Å². The van der Waals surface area contributed by atoms with Crippen molar-refractivity contribution in [2.75, 3.05) is 6.61 Å². The van der Waals surface area contributed by atoms with E-state index >= 15 is 0 Å². The maximum Gasteiger partial charge on any atom is 0.220 e. The first-order chi connectivity index (χ1) is 22.2. The van der Waals surface area contributed by atoms with E-state index in [2.05, 4.69) is 43.5 Å². The van der Waals surface area contributed by atoms with Crippen LogP contribution in [0.15, 0.2) is 36.5 Å². The van der Waals surface area contributed by atoms with Crippen molar-refractivity contribution in [3.05, 3.63) is 36.5 Å². The second kappa shape index (κ2) is 37.1. The van der Waals surface area contributed by atoms with Crippen molar-refractivity contribution < 1.29 is 15.0 Å². The first-order valence-electron chi connectivity index (χ1n) is 19.7. The fraction of sp³-hybridized carbons (Fsp3) is 0.829. The molecule has 264 valence electrons. The molecule has 0 aromatic rings. The number of hydrogen-bond donors (Lipinski definition) is 3. The van der Waals surface area contributed by atoms with Crippen molar-refractivity contribution in [3.8, 4) is 0 Å². The molecule has 0 aliphatic rings. The summed E-state index contributed by atoms with van der Waals surface area (Å²) in [7, 11) is 0. The van der Waals surface area contributed by atoms with E-state index in [0.717, 1.165) is 32.1 Å². The molecule has 0 aliphatic carbocycles. The lowest BCUT2D eigenvalue weighted by molar-refractivity contribution is -0.123. The zero-order chi connectivity index (χ0) is 32.9. The minimum absolute atomic E-state index is 0.0765. The van der Waals surface area contributed by atoms with Crippen molar-refractivity contribution in [1.82, 2.24) is 5.32 Å². The van der Waals surface area contributed by atoms with Crippen molar-refractivity contribution in [2.24, 2.45) is 0 Å². The molecular formula is C41H77NO3. The van der Waals surface area contributed by atoms with Gasteiger partial charge in [0.25, 0.3) is 0 Å². The Bertz CT molecular complexity index is 686. The predicted octanol–water partition coefficient (Wildman–Crippen LogP) is 11.8. The Morgan fingerprint density at radius 2 is 0.867 bits per heavy atom. The Kier molecular flexibility index (Phi) is 35.9. The third kappa shape index (κ3) is 33.8. The second-order valence-electron chi connectivity index (χ2n) is 13.3. The number of aliphatic hydroxyl groups is 2. The van der Waals surface area contributed by atoms with E-state index in [1.54, 1.807) is 6.08 Å². The van der Waals surface area contributed by atoms with Crippen LogP contribution >= 0.6 is 0 Å². The Morgan fingerprint density at radius 3 is 1.29 bits per heavy atom. The number of carbonyl (C=O) groups excluding carboxylic acids is 1. The van der Waals surface area contributed by atoms with Crippen molar-refractivity contribution in [1.29, 1.82) is 0 Å². The summed E-state index contributed by atoms with van der Waals surface area (Å²) in [5.74, 6) is -0.0765. The van der Waals surface area contributed by atoms with Gasteiger partial charge in [-0.15, -0.1) is 0 Å². The van der Waals surface area contributed by atoms with Gasteiger partial charge in [-0.2, -0.15) is 0 Å². The molecule has 0 aliphatic heterocycles. The highest BCUT2D eigenvalue weighted by Crippen LogP contribution is 2.14. The Labute approximate surface area is 281 Å². The molecule has 0 aromatic heterocycles. The van der Waals surface area contributed by atoms with Gasteiger partial charge >= 0.3 is 0 Å². The number of carbonyl (C=O) groups is 1. The summed E-state index contributed by atoms with van der Waals surface area (Å²) < 4.78 is 0. The van der Waals surface area contributed by atoms with Crippen molar-refractivity contribution >= 4 is 5.91 Å². The van der Waals surface area contributed by atoms with E-state index in [9.17, 15) is 15.0 Å². The summed E-state index contributed by atoms with van der Waals surface area (Å²) in [6.07, 6.45) is 48.1. The molecular weight excluding hydrogens is 554 g/mol. The largest absolute Gasteiger partial charge is 0.394 e. The van der Waals surface area contributed by atoms with Gasteiger partial charge in [0.2, 0.25) is 5.91 Å². The minimum atomic E-state index is -0.859. The number of hydrogen-bond acceptors (Lipinski definition) is 3. The number of aliphatic hydroxyl groups excluding tert-OH is 2. The summed E-state index contributed by atoms with van der Waals surface area (Å²) in [4.78, 5) is 12.3. The molecule has 0 saturated heterocycles. The average molecular weight is 632 g/mol. The van der Waals surface area contributed by atoms with E-state index in [4.69, 9.17) is 0 Å². The smallest absolute Gasteiger partial charge is 0.220 e. The van der Waals surface area contributed by atoms with Crippen LogP contribution in [0.5, 0.6) is 0 Å². The monoisotopic (exact) mass is 632 g/mol. The molecule has 4 nitrogen and oxygen atoms in total. The summed E-state index contributed by atoms with van der Waals surface area (Å²) >= 11 is 0. The Balaban J connectivity index is 3.59. The lowest BCUT2D eigenvalue weighted by Crippen LogP contribution is -2.45. The molecule has 0 saturated carbocycles. The maximum atomic E-state index is 12.3. The Hall–Kier alpha value is -1.39. The number of nitrogens with one attached hydrogen (secondary N) is 1. The van der Waals surface area contributed by atoms with Crippen molar-refractivity contribution in [3.63, 3.8) is 0 Å². The van der Waals surface area contributed by atoms with Gasteiger partial charge in [0.1, 0.15) is 0 Å². The molecule has 0 bridgehead atoms. The lowest BCUT2D eigenvalue weighted by Gasteiger charge is -2.19. The highest BCUT2D eigenvalue weighted by Gasteiger charge is 2.17. The Morgan fingerprint density at radius 1 is 0.511 bits per heavy atom. The normalized spacial score (nSPS) is 13.4. The van der Waals surface area contributed by atoms with Gasteiger partial charge in [-0.3, -0.25) is 4.79 Å². The molecule has 0 spiro atoms. The summed E-state index contributed by atoms with van der Waals surface area (Å²) in [6, 6.07) is -0.636. The van der Waals surface area contributed by atoms with Crippen LogP contribution in [0.25, 0.3) is 0 Å². The third-order valence-corrected chi connectivity index (χ3v) is 8.85. The molecule has 0 heterocycles. The fourth-order valence-corrected chi connectivity index (χ4v) is 5.78. The average Bonchev–Trinajstić information content (AvgIpc) is 3.04. The zero-order valence-electron chi connectivity index (χ0n) is 30.1. The first kappa shape index (κ1) is 43.6. The fourth-order valence-electron chi connectivity index (χ4n) is 5.78. The lowest BCUT2D eigenvalue weighted by atomic mass is 10.0. The molecule has 0 unspecified atom stereocenters. The van der Waals surface area contributed by atoms with Gasteiger partial charge in [-0.05, 0) is 57.8 Å². The first-order valence-corrected chi connectivity index (χ1v) is 19.7. The predicted molar refractivity (Wildman–Crippen MR) is 198 cm³/mol. The highest BCUT2D eigenvalue weighted by molar-refractivity contribution is 5.76. The van der Waals surface area contributed by atoms with Crippen LogP contribution in [-0.2, 0) is 4.79 Å². The number of unbranched alkanes of at least 4 members (excludes halogenated alkanes) is 24. The van der Waals surface area contributed by atoms with E-state index in [-0.39, 0.29) is 12.5 Å². The van der Waals surface area contributed by atoms with Gasteiger partial charge in [0.15, 0.2) is 0 Å². The standard InChI is InChI=1S/C41H77NO3/c1-3-5-7-9-11-13-15-17-18-19-20-21-22-23-24-25-27-29-31-33-35-37-41(45)42-39(38-43)40(44)36-34-32-30-28-26-16-14-12-10-8-6-4-2/h17-18,26,28,34,36,39-40,43-44H,3-16,19-25,27,29-33,35,37-38H2,1-2H3,(H,42,45)/b18-17+,28-26+,36-34+/t39-,40+/m0/s1. The van der Waals surface area contributed by atoms with E-state index in [1.807, 2.05) is 6.08 Å². The molecule has 0 aromatic carbocycles. The molecule has 1 amide bonds. The van der Waals surface area contributed by atoms with E-state index in [1.165, 1.54) is 148 Å². The van der Waals surface area contributed by atoms with Gasteiger partial charge in [0.05, 0.1) is 18.8 Å². The third-order valence-electron chi connectivity index (χ3n) is 8.85. The maximum absolute atomic E-state index is 12.3. The van der Waals surface area contributed by atoms with Crippen LogP contribution in [-0.4, -0.2) is 34.9 Å². The molecule has 3 N–H and O–H groups in total. The summed E-state index contributed by atoms with van der Waals surface area (Å²) in [6.45, 7) is 4.27. The quantitative estimate of drug-likeness (QED) is 0.0481. The molecule has 0 rings (SSSR count). The molecule has 0 radical (unpaired) electrons. The number of rotatable bonds is 35. The minimum Gasteiger partial charge on any atom is -0.394 e. The molecule has 2 atom stereocenters. The van der Waals surface area contributed by atoms with Crippen LogP contribution < -0.4 is 5.32 Å². The van der Waals surface area contributed by atoms with Crippen LogP contribution in [0, 0.1) is 0 Å². The SMILES string of the molecule is CCCCCCCC/C=C/CC/C=C/[C@@H](O)[C@H](CO)NC(=O)CCCCCCCCCCCCC/C=C/CCCCCCCC. The summed E-state index contributed by atoms with van der Waals surface area (Å²) in [5, 5.41) is 22.9. The molecule has 0 fully saturated rings. The van der Waals surface area contributed by atoms with Gasteiger partial charge in [-0.1, -0.05) is 172 Å². The van der Waals surface area contributed by atoms with Crippen LogP contribution in [0.3, 0.4) is 0 Å². The van der Waals surface area contributed by atoms with Crippen LogP contribution in [0.1, 0.15) is 200 Å². The van der Waals surface area contributed by atoms with Crippen LogP contribution in [0.2, 0.25) is 0 Å². The highest BCUT2D eigenvalue weighted by atomic mass is 16.3. The molecule has 45 heavy (non-hydrogen) atoms. The second-order valence-corrected chi connectivity index (χ2v) is 13.3. The number of amides is 1. The van der Waals surface area contributed by atoms with E-state index in [0.29, 0.717) is 6.42 Å². The summed E-state index contributed by atoms with van der Waals surface area (Å²) in [5.41, 5.74) is 0. The van der Waals surface area contributed by atoms with Gasteiger partial charge < -0.3 is 15.5 Å².